The fraction of sp³-hybridized carbons (Fsp3) is 0.227. The highest BCUT2D eigenvalue weighted by Gasteiger charge is 2.30. The Kier molecular flexibility index (Phi) is 4.32. The first kappa shape index (κ1) is 17.6. The number of hydrogen-bond donors (Lipinski definition) is 0. The van der Waals surface area contributed by atoms with E-state index in [4.69, 9.17) is 11.6 Å². The number of allylic oxidation sites excluding steroid dienone is 2. The number of nitrogens with zero attached hydrogens (tertiary/aromatic N) is 1. The summed E-state index contributed by atoms with van der Waals surface area (Å²) in [7, 11) is 0. The molecule has 1 heterocycles. The predicted octanol–water partition coefficient (Wildman–Crippen LogP) is 6.95. The molecule has 0 fully saturated rings. The van der Waals surface area contributed by atoms with Crippen LogP contribution in [0.5, 0.6) is 0 Å². The molecule has 26 heavy (non-hydrogen) atoms. The Hall–Kier alpha value is -1.84. The Morgan fingerprint density at radius 3 is 2.58 bits per heavy atom. The zero-order chi connectivity index (χ0) is 18.5. The number of hydrogen-bond acceptors (Lipinski definition) is 1. The number of carbonyl (C=O) groups is 1. The summed E-state index contributed by atoms with van der Waals surface area (Å²) in [6.07, 6.45) is 3.22. The molecule has 4 heteroatoms. The molecule has 0 N–H and O–H groups in total. The van der Waals surface area contributed by atoms with E-state index in [0.717, 1.165) is 38.8 Å². The molecule has 2 aromatic carbocycles. The van der Waals surface area contributed by atoms with Crippen molar-refractivity contribution in [3.63, 3.8) is 0 Å². The molecule has 1 aliphatic rings. The molecular weight excluding hydrogens is 410 g/mol. The number of ketones is 1. The minimum absolute atomic E-state index is 0.0540. The second-order valence-corrected chi connectivity index (χ2v) is 8.96. The van der Waals surface area contributed by atoms with Gasteiger partial charge in [0, 0.05) is 38.6 Å². The number of fused-ring (bicyclic) bond motifs is 1. The summed E-state index contributed by atoms with van der Waals surface area (Å²) in [6, 6.07) is 16.2. The SMILES string of the molecule is CC1(C)CC(=O)C=C(n2c(-c3ccccc3Br)cc3ccc(Cl)cc32)C1. The normalized spacial score (nSPS) is 16.8. The van der Waals surface area contributed by atoms with E-state index < -0.39 is 0 Å². The summed E-state index contributed by atoms with van der Waals surface area (Å²) < 4.78 is 3.22. The van der Waals surface area contributed by atoms with Crippen LogP contribution in [0.1, 0.15) is 26.7 Å². The van der Waals surface area contributed by atoms with Crippen LogP contribution in [0.15, 0.2) is 59.1 Å². The molecule has 0 amide bonds. The second kappa shape index (κ2) is 6.40. The molecule has 0 radical (unpaired) electrons. The fourth-order valence-electron chi connectivity index (χ4n) is 3.81. The lowest BCUT2D eigenvalue weighted by atomic mass is 9.78. The third-order valence-electron chi connectivity index (χ3n) is 4.84. The summed E-state index contributed by atoms with van der Waals surface area (Å²) in [6.45, 7) is 4.29. The minimum atomic E-state index is -0.0540. The van der Waals surface area contributed by atoms with Crippen LogP contribution in [0.4, 0.5) is 0 Å². The average Bonchev–Trinajstić information content (AvgIpc) is 2.91. The Labute approximate surface area is 166 Å². The van der Waals surface area contributed by atoms with Gasteiger partial charge >= 0.3 is 0 Å². The summed E-state index contributed by atoms with van der Waals surface area (Å²) in [5.74, 6) is 0.179. The first-order valence-corrected chi connectivity index (χ1v) is 9.81. The number of rotatable bonds is 2. The lowest BCUT2D eigenvalue weighted by Crippen LogP contribution is -2.23. The zero-order valence-corrected chi connectivity index (χ0v) is 17.1. The maximum atomic E-state index is 12.4. The van der Waals surface area contributed by atoms with Gasteiger partial charge in [0.25, 0.3) is 0 Å². The van der Waals surface area contributed by atoms with Gasteiger partial charge in [-0.2, -0.15) is 0 Å². The lowest BCUT2D eigenvalue weighted by Gasteiger charge is -2.30. The van der Waals surface area contributed by atoms with Gasteiger partial charge in [0.1, 0.15) is 0 Å². The lowest BCUT2D eigenvalue weighted by molar-refractivity contribution is -0.116. The third kappa shape index (κ3) is 3.15. The number of benzene rings is 2. The summed E-state index contributed by atoms with van der Waals surface area (Å²) in [5, 5.41) is 1.80. The highest BCUT2D eigenvalue weighted by atomic mass is 79.9. The molecule has 2 nitrogen and oxygen atoms in total. The number of halogens is 2. The molecule has 0 saturated carbocycles. The van der Waals surface area contributed by atoms with Crippen LogP contribution in [0.2, 0.25) is 5.02 Å². The van der Waals surface area contributed by atoms with Gasteiger partial charge in [0.2, 0.25) is 0 Å². The smallest absolute Gasteiger partial charge is 0.157 e. The van der Waals surface area contributed by atoms with E-state index in [-0.39, 0.29) is 11.2 Å². The van der Waals surface area contributed by atoms with Crippen molar-refractivity contribution in [2.24, 2.45) is 5.41 Å². The highest BCUT2D eigenvalue weighted by Crippen LogP contribution is 2.41. The second-order valence-electron chi connectivity index (χ2n) is 7.67. The van der Waals surface area contributed by atoms with Gasteiger partial charge in [-0.1, -0.05) is 65.6 Å². The largest absolute Gasteiger partial charge is 0.313 e. The van der Waals surface area contributed by atoms with E-state index in [0.29, 0.717) is 11.4 Å². The van der Waals surface area contributed by atoms with Crippen LogP contribution < -0.4 is 0 Å². The van der Waals surface area contributed by atoms with Crippen LogP contribution in [0.3, 0.4) is 0 Å². The number of carbonyl (C=O) groups excluding carboxylic acids is 1. The van der Waals surface area contributed by atoms with E-state index in [1.54, 1.807) is 6.08 Å². The van der Waals surface area contributed by atoms with Crippen LogP contribution in [0.25, 0.3) is 27.9 Å². The molecule has 0 atom stereocenters. The van der Waals surface area contributed by atoms with E-state index >= 15 is 0 Å². The molecule has 0 spiro atoms. The van der Waals surface area contributed by atoms with Crippen molar-refractivity contribution in [2.75, 3.05) is 0 Å². The molecule has 1 aliphatic carbocycles. The summed E-state index contributed by atoms with van der Waals surface area (Å²) >= 11 is 9.96. The van der Waals surface area contributed by atoms with Crippen LogP contribution in [-0.2, 0) is 4.79 Å². The maximum absolute atomic E-state index is 12.4. The van der Waals surface area contributed by atoms with E-state index in [1.807, 2.05) is 36.4 Å². The first-order chi connectivity index (χ1) is 12.3. The average molecular weight is 429 g/mol. The standard InChI is InChI=1S/C22H19BrClNO/c1-22(2)12-16(11-17(26)13-22)25-20-10-15(24)8-7-14(20)9-21(25)18-5-3-4-6-19(18)23/h3-11H,12-13H2,1-2H3. The van der Waals surface area contributed by atoms with E-state index in [1.165, 1.54) is 0 Å². The maximum Gasteiger partial charge on any atom is 0.157 e. The molecule has 132 valence electrons. The molecule has 0 aliphatic heterocycles. The molecule has 0 bridgehead atoms. The van der Waals surface area contributed by atoms with Crippen molar-refractivity contribution < 1.29 is 4.79 Å². The molecule has 1 aromatic heterocycles. The van der Waals surface area contributed by atoms with Crippen LogP contribution in [0, 0.1) is 5.41 Å². The minimum Gasteiger partial charge on any atom is -0.313 e. The predicted molar refractivity (Wildman–Crippen MR) is 112 cm³/mol. The zero-order valence-electron chi connectivity index (χ0n) is 14.7. The van der Waals surface area contributed by atoms with Gasteiger partial charge in [-0.15, -0.1) is 0 Å². The molecule has 3 aromatic rings. The van der Waals surface area contributed by atoms with Crippen molar-refractivity contribution in [2.45, 2.75) is 26.7 Å². The topological polar surface area (TPSA) is 22.0 Å². The Morgan fingerprint density at radius 1 is 1.08 bits per heavy atom. The van der Waals surface area contributed by atoms with Gasteiger partial charge in [0.05, 0.1) is 11.2 Å². The summed E-state index contributed by atoms with van der Waals surface area (Å²) in [4.78, 5) is 12.4. The van der Waals surface area contributed by atoms with Gasteiger partial charge in [-0.3, -0.25) is 4.79 Å². The quantitative estimate of drug-likeness (QED) is 0.432. The number of aromatic nitrogens is 1. The van der Waals surface area contributed by atoms with Crippen molar-refractivity contribution in [1.82, 2.24) is 4.57 Å². The van der Waals surface area contributed by atoms with E-state index in [9.17, 15) is 4.79 Å². The third-order valence-corrected chi connectivity index (χ3v) is 5.77. The van der Waals surface area contributed by atoms with Gasteiger partial charge in [0.15, 0.2) is 5.78 Å². The monoisotopic (exact) mass is 427 g/mol. The van der Waals surface area contributed by atoms with Crippen LogP contribution in [-0.4, -0.2) is 10.4 Å². The first-order valence-electron chi connectivity index (χ1n) is 8.64. The molecule has 0 saturated heterocycles. The van der Waals surface area contributed by atoms with Gasteiger partial charge in [-0.05, 0) is 36.1 Å². The Bertz CT molecular complexity index is 1060. The van der Waals surface area contributed by atoms with Crippen molar-refractivity contribution >= 4 is 49.9 Å². The Morgan fingerprint density at radius 2 is 1.85 bits per heavy atom. The Balaban J connectivity index is 2.04. The summed E-state index contributed by atoms with van der Waals surface area (Å²) in [5.41, 5.74) is 4.15. The fourth-order valence-corrected chi connectivity index (χ4v) is 4.46. The molecule has 4 rings (SSSR count). The highest BCUT2D eigenvalue weighted by molar-refractivity contribution is 9.10. The molecule has 0 unspecified atom stereocenters. The van der Waals surface area contributed by atoms with Crippen molar-refractivity contribution in [3.05, 3.63) is 64.1 Å². The van der Waals surface area contributed by atoms with Crippen molar-refractivity contribution in [3.8, 4) is 11.3 Å². The van der Waals surface area contributed by atoms with E-state index in [2.05, 4.69) is 46.5 Å². The molecular formula is C22H19BrClNO. The van der Waals surface area contributed by atoms with Gasteiger partial charge in [-0.25, -0.2) is 0 Å². The van der Waals surface area contributed by atoms with Crippen LogP contribution >= 0.6 is 27.5 Å². The van der Waals surface area contributed by atoms with Gasteiger partial charge < -0.3 is 4.57 Å². The van der Waals surface area contributed by atoms with Crippen molar-refractivity contribution in [1.29, 1.82) is 0 Å².